The van der Waals surface area contributed by atoms with Gasteiger partial charge in [-0.2, -0.15) is 0 Å². The summed E-state index contributed by atoms with van der Waals surface area (Å²) in [5, 5.41) is 0.299. The van der Waals surface area contributed by atoms with Gasteiger partial charge in [-0.25, -0.2) is 17.2 Å². The molecule has 9 heteroatoms. The molecular formula is C18H10F2N2O4S. The van der Waals surface area contributed by atoms with Crippen molar-refractivity contribution < 1.29 is 17.2 Å². The van der Waals surface area contributed by atoms with Crippen LogP contribution in [0.3, 0.4) is 0 Å². The number of benzene rings is 2. The SMILES string of the molecule is O=c1[nH]c2ccc(F)cc2cc1S(=O)(=O)c1cc2cc(F)ccc2[nH]c1=O. The Balaban J connectivity index is 2.01. The number of aromatic amines is 2. The molecule has 0 bridgehead atoms. The molecule has 0 radical (unpaired) electrons. The second-order valence-corrected chi connectivity index (χ2v) is 7.78. The van der Waals surface area contributed by atoms with Crippen molar-refractivity contribution in [2.45, 2.75) is 9.79 Å². The summed E-state index contributed by atoms with van der Waals surface area (Å²) in [5.74, 6) is -1.23. The van der Waals surface area contributed by atoms with Gasteiger partial charge in [-0.3, -0.25) is 9.59 Å². The lowest BCUT2D eigenvalue weighted by Gasteiger charge is -2.07. The lowest BCUT2D eigenvalue weighted by Crippen LogP contribution is -2.23. The Kier molecular flexibility index (Phi) is 3.70. The number of hydrogen-bond donors (Lipinski definition) is 2. The second-order valence-electron chi connectivity index (χ2n) is 5.89. The Morgan fingerprint density at radius 3 is 1.48 bits per heavy atom. The van der Waals surface area contributed by atoms with Crippen LogP contribution in [0.15, 0.2) is 67.9 Å². The summed E-state index contributed by atoms with van der Waals surface area (Å²) in [6, 6.07) is 8.96. The van der Waals surface area contributed by atoms with Gasteiger partial charge in [0, 0.05) is 21.8 Å². The minimum Gasteiger partial charge on any atom is -0.321 e. The Bertz CT molecular complexity index is 1350. The highest BCUT2D eigenvalue weighted by atomic mass is 32.2. The van der Waals surface area contributed by atoms with Gasteiger partial charge in [-0.1, -0.05) is 0 Å². The van der Waals surface area contributed by atoms with E-state index in [0.29, 0.717) is 0 Å². The van der Waals surface area contributed by atoms with Crippen LogP contribution in [0.2, 0.25) is 0 Å². The van der Waals surface area contributed by atoms with Crippen LogP contribution in [0.25, 0.3) is 21.8 Å². The van der Waals surface area contributed by atoms with Crippen LogP contribution < -0.4 is 11.1 Å². The number of fused-ring (bicyclic) bond motifs is 2. The Morgan fingerprint density at radius 1 is 0.667 bits per heavy atom. The van der Waals surface area contributed by atoms with Crippen LogP contribution in [-0.4, -0.2) is 18.4 Å². The van der Waals surface area contributed by atoms with Crippen molar-refractivity contribution in [1.29, 1.82) is 0 Å². The van der Waals surface area contributed by atoms with Gasteiger partial charge in [0.05, 0.1) is 0 Å². The molecule has 27 heavy (non-hydrogen) atoms. The molecule has 0 amide bonds. The average molecular weight is 388 g/mol. The van der Waals surface area contributed by atoms with Crippen molar-refractivity contribution in [1.82, 2.24) is 9.97 Å². The quantitative estimate of drug-likeness (QED) is 0.551. The van der Waals surface area contributed by atoms with Crippen LogP contribution in [0.4, 0.5) is 8.78 Å². The van der Waals surface area contributed by atoms with E-state index >= 15 is 0 Å². The standard InChI is InChI=1S/C18H10F2N2O4S/c19-11-1-3-13-9(5-11)7-15(17(23)21-13)27(25,26)16-8-10-6-12(20)2-4-14(10)22-18(16)24/h1-8H,(H,21,23)(H,22,24). The summed E-state index contributed by atoms with van der Waals surface area (Å²) < 4.78 is 52.7. The first kappa shape index (κ1) is 17.1. The fourth-order valence-electron chi connectivity index (χ4n) is 2.83. The van der Waals surface area contributed by atoms with E-state index in [4.69, 9.17) is 0 Å². The van der Waals surface area contributed by atoms with Gasteiger partial charge >= 0.3 is 0 Å². The highest BCUT2D eigenvalue weighted by molar-refractivity contribution is 7.91. The molecule has 0 atom stereocenters. The van der Waals surface area contributed by atoms with Gasteiger partial charge in [-0.05, 0) is 48.5 Å². The first-order chi connectivity index (χ1) is 12.8. The maximum absolute atomic E-state index is 13.4. The molecule has 2 aromatic heterocycles. The smallest absolute Gasteiger partial charge is 0.267 e. The molecule has 4 aromatic rings. The molecule has 0 saturated carbocycles. The van der Waals surface area contributed by atoms with Crippen molar-refractivity contribution in [2.75, 3.05) is 0 Å². The van der Waals surface area contributed by atoms with Crippen LogP contribution >= 0.6 is 0 Å². The van der Waals surface area contributed by atoms with E-state index < -0.39 is 42.4 Å². The van der Waals surface area contributed by atoms with Crippen molar-refractivity contribution >= 4 is 31.6 Å². The summed E-state index contributed by atoms with van der Waals surface area (Å²) >= 11 is 0. The minimum atomic E-state index is -4.54. The number of hydrogen-bond acceptors (Lipinski definition) is 4. The molecule has 0 saturated heterocycles. The third-order valence-electron chi connectivity index (χ3n) is 4.12. The molecule has 0 spiro atoms. The first-order valence-electron chi connectivity index (χ1n) is 7.66. The van der Waals surface area contributed by atoms with Crippen LogP contribution in [0, 0.1) is 11.6 Å². The highest BCUT2D eigenvalue weighted by Crippen LogP contribution is 2.22. The molecular weight excluding hydrogens is 378 g/mol. The van der Waals surface area contributed by atoms with Gasteiger partial charge < -0.3 is 9.97 Å². The Labute approximate surface area is 150 Å². The summed E-state index contributed by atoms with van der Waals surface area (Å²) in [6.07, 6.45) is 0. The van der Waals surface area contributed by atoms with E-state index in [1.807, 2.05) is 0 Å². The zero-order chi connectivity index (χ0) is 19.3. The number of rotatable bonds is 2. The zero-order valence-electron chi connectivity index (χ0n) is 13.4. The summed E-state index contributed by atoms with van der Waals surface area (Å²) in [4.78, 5) is 27.8. The van der Waals surface area contributed by atoms with E-state index in [0.717, 1.165) is 36.4 Å². The van der Waals surface area contributed by atoms with E-state index in [9.17, 15) is 26.8 Å². The zero-order valence-corrected chi connectivity index (χ0v) is 14.2. The third kappa shape index (κ3) is 2.81. The van der Waals surface area contributed by atoms with Gasteiger partial charge in [0.1, 0.15) is 21.4 Å². The van der Waals surface area contributed by atoms with E-state index in [1.54, 1.807) is 0 Å². The monoisotopic (exact) mass is 388 g/mol. The van der Waals surface area contributed by atoms with E-state index in [1.165, 1.54) is 12.1 Å². The number of aromatic nitrogens is 2. The molecule has 2 heterocycles. The van der Waals surface area contributed by atoms with Gasteiger partial charge in [0.2, 0.25) is 9.84 Å². The summed E-state index contributed by atoms with van der Waals surface area (Å²) in [5.41, 5.74) is -1.41. The minimum absolute atomic E-state index is 0.149. The van der Waals surface area contributed by atoms with Crippen LogP contribution in [-0.2, 0) is 9.84 Å². The number of nitrogens with one attached hydrogen (secondary N) is 2. The lowest BCUT2D eigenvalue weighted by molar-refractivity contribution is 0.593. The summed E-state index contributed by atoms with van der Waals surface area (Å²) in [6.45, 7) is 0. The number of halogens is 2. The molecule has 0 aliphatic rings. The Morgan fingerprint density at radius 2 is 1.07 bits per heavy atom. The fraction of sp³-hybridized carbons (Fsp3) is 0. The molecule has 0 unspecified atom stereocenters. The molecule has 6 nitrogen and oxygen atoms in total. The van der Waals surface area contributed by atoms with Crippen molar-refractivity contribution in [3.8, 4) is 0 Å². The maximum atomic E-state index is 13.4. The van der Waals surface area contributed by atoms with E-state index in [2.05, 4.69) is 9.97 Å². The van der Waals surface area contributed by atoms with Gasteiger partial charge in [0.25, 0.3) is 11.1 Å². The largest absolute Gasteiger partial charge is 0.321 e. The third-order valence-corrected chi connectivity index (χ3v) is 5.89. The average Bonchev–Trinajstić information content (AvgIpc) is 2.61. The molecule has 2 N–H and O–H groups in total. The van der Waals surface area contributed by atoms with Crippen LogP contribution in [0.1, 0.15) is 0 Å². The van der Waals surface area contributed by atoms with Crippen molar-refractivity contribution in [3.05, 3.63) is 80.9 Å². The molecule has 136 valence electrons. The fourth-order valence-corrected chi connectivity index (χ4v) is 4.22. The van der Waals surface area contributed by atoms with Gasteiger partial charge in [0.15, 0.2) is 0 Å². The lowest BCUT2D eigenvalue weighted by atomic mass is 10.2. The molecule has 2 aromatic carbocycles. The predicted octanol–water partition coefficient (Wildman–Crippen LogP) is 2.48. The number of H-pyrrole nitrogens is 2. The number of pyridine rings is 2. The summed E-state index contributed by atoms with van der Waals surface area (Å²) in [7, 11) is -4.54. The van der Waals surface area contributed by atoms with Crippen molar-refractivity contribution in [2.24, 2.45) is 0 Å². The highest BCUT2D eigenvalue weighted by Gasteiger charge is 2.26. The van der Waals surface area contributed by atoms with Crippen molar-refractivity contribution in [3.63, 3.8) is 0 Å². The van der Waals surface area contributed by atoms with Crippen LogP contribution in [0.5, 0.6) is 0 Å². The normalized spacial score (nSPS) is 11.9. The predicted molar refractivity (Wildman–Crippen MR) is 94.5 cm³/mol. The molecule has 0 aliphatic heterocycles. The van der Waals surface area contributed by atoms with Gasteiger partial charge in [-0.15, -0.1) is 0 Å². The van der Waals surface area contributed by atoms with E-state index in [-0.39, 0.29) is 21.8 Å². The number of sulfone groups is 1. The maximum Gasteiger partial charge on any atom is 0.267 e. The molecule has 0 aliphatic carbocycles. The molecule has 4 rings (SSSR count). The second kappa shape index (κ2) is 5.85. The Hall–Kier alpha value is -3.33. The molecule has 0 fully saturated rings. The topological polar surface area (TPSA) is 99.9 Å². The first-order valence-corrected chi connectivity index (χ1v) is 9.14.